The first-order valence-electron chi connectivity index (χ1n) is 6.30. The van der Waals surface area contributed by atoms with Crippen molar-refractivity contribution in [2.45, 2.75) is 26.0 Å². The van der Waals surface area contributed by atoms with E-state index >= 15 is 0 Å². The lowest BCUT2D eigenvalue weighted by Crippen LogP contribution is -2.52. The lowest BCUT2D eigenvalue weighted by Gasteiger charge is -2.43. The maximum Gasteiger partial charge on any atom is 0.399 e. The van der Waals surface area contributed by atoms with Gasteiger partial charge in [0.2, 0.25) is 5.72 Å². The number of hydrogen-bond donors (Lipinski definition) is 0. The van der Waals surface area contributed by atoms with E-state index in [2.05, 4.69) is 15.9 Å². The van der Waals surface area contributed by atoms with Crippen LogP contribution < -0.4 is 0 Å². The molecule has 0 aromatic heterocycles. The third-order valence-corrected chi connectivity index (χ3v) is 4.41. The Hall–Kier alpha value is -1.36. The molecule has 4 nitrogen and oxygen atoms in total. The Balaban J connectivity index is 2.26. The Morgan fingerprint density at radius 1 is 1.37 bits per heavy atom. The predicted molar refractivity (Wildman–Crippen MR) is 72.2 cm³/mol. The van der Waals surface area contributed by atoms with Crippen molar-refractivity contribution in [1.82, 2.24) is 4.90 Å². The van der Waals surface area contributed by atoms with Crippen molar-refractivity contribution in [3.63, 3.8) is 0 Å². The zero-order chi connectivity index (χ0) is 13.8. The minimum atomic E-state index is -0.939. The summed E-state index contributed by atoms with van der Waals surface area (Å²) < 4.78 is 6.44. The molecule has 2 aliphatic heterocycles. The number of hydrogen-bond acceptors (Lipinski definition) is 3. The van der Waals surface area contributed by atoms with Crippen LogP contribution in [0.5, 0.6) is 0 Å². The molecule has 0 aliphatic carbocycles. The Labute approximate surface area is 119 Å². The number of carbonyl (C=O) groups excluding carboxylic acids is 2. The molecule has 100 valence electrons. The van der Waals surface area contributed by atoms with Crippen LogP contribution in [0.15, 0.2) is 22.7 Å². The first-order chi connectivity index (χ1) is 8.96. The molecule has 0 radical (unpaired) electrons. The maximum absolute atomic E-state index is 12.0. The number of ether oxygens (including phenoxy) is 1. The minimum Gasteiger partial charge on any atom is -0.427 e. The van der Waals surface area contributed by atoms with Crippen molar-refractivity contribution in [1.29, 1.82) is 0 Å². The highest BCUT2D eigenvalue weighted by atomic mass is 79.9. The second-order valence-corrected chi connectivity index (χ2v) is 6.16. The number of benzene rings is 1. The molecule has 1 aromatic carbocycles. The van der Waals surface area contributed by atoms with Crippen LogP contribution in [0, 0.1) is 5.92 Å². The monoisotopic (exact) mass is 323 g/mol. The molecule has 2 heterocycles. The third kappa shape index (κ3) is 1.57. The van der Waals surface area contributed by atoms with Gasteiger partial charge >= 0.3 is 11.9 Å². The zero-order valence-corrected chi connectivity index (χ0v) is 12.4. The summed E-state index contributed by atoms with van der Waals surface area (Å²) in [6.45, 7) is 4.46. The minimum absolute atomic E-state index is 0.00347. The second kappa shape index (κ2) is 4.07. The van der Waals surface area contributed by atoms with E-state index in [0.717, 1.165) is 22.0 Å². The standard InChI is InChI=1S/C14H14BrNO3/c1-8(2)14-11-7-10(15)4-3-9(11)5-6-16(14)12(17)13(18)19-14/h3-4,7-8H,5-6H2,1-2H3. The van der Waals surface area contributed by atoms with Gasteiger partial charge in [0.05, 0.1) is 0 Å². The molecule has 1 amide bonds. The Kier molecular flexibility index (Phi) is 2.71. The fourth-order valence-electron chi connectivity index (χ4n) is 3.04. The summed E-state index contributed by atoms with van der Waals surface area (Å²) in [5, 5.41) is 0. The van der Waals surface area contributed by atoms with Crippen LogP contribution in [0.25, 0.3) is 0 Å². The van der Waals surface area contributed by atoms with Crippen LogP contribution in [-0.4, -0.2) is 23.3 Å². The van der Waals surface area contributed by atoms with E-state index in [0.29, 0.717) is 6.54 Å². The maximum atomic E-state index is 12.0. The van der Waals surface area contributed by atoms with Gasteiger partial charge in [-0.3, -0.25) is 9.69 Å². The van der Waals surface area contributed by atoms with Crippen LogP contribution in [0.3, 0.4) is 0 Å². The van der Waals surface area contributed by atoms with Gasteiger partial charge in [0.1, 0.15) is 0 Å². The fraction of sp³-hybridized carbons (Fsp3) is 0.429. The van der Waals surface area contributed by atoms with Gasteiger partial charge in [0.15, 0.2) is 0 Å². The van der Waals surface area contributed by atoms with Crippen LogP contribution in [0.4, 0.5) is 0 Å². The third-order valence-electron chi connectivity index (χ3n) is 3.91. The number of rotatable bonds is 1. The summed E-state index contributed by atoms with van der Waals surface area (Å²) in [6.07, 6.45) is 0.749. The summed E-state index contributed by atoms with van der Waals surface area (Å²) >= 11 is 3.45. The fourth-order valence-corrected chi connectivity index (χ4v) is 3.40. The van der Waals surface area contributed by atoms with Crippen LogP contribution >= 0.6 is 15.9 Å². The SMILES string of the molecule is CC(C)C12OC(=O)C(=O)N1CCc1ccc(Br)cc12. The number of nitrogens with zero attached hydrogens (tertiary/aromatic N) is 1. The van der Waals surface area contributed by atoms with Gasteiger partial charge in [0.25, 0.3) is 0 Å². The van der Waals surface area contributed by atoms with E-state index < -0.39 is 17.6 Å². The molecule has 19 heavy (non-hydrogen) atoms. The zero-order valence-electron chi connectivity index (χ0n) is 10.8. The Morgan fingerprint density at radius 2 is 2.11 bits per heavy atom. The molecule has 0 saturated carbocycles. The van der Waals surface area contributed by atoms with Gasteiger partial charge in [0, 0.05) is 22.5 Å². The Morgan fingerprint density at radius 3 is 2.79 bits per heavy atom. The molecule has 1 aromatic rings. The number of amides is 1. The van der Waals surface area contributed by atoms with E-state index in [4.69, 9.17) is 4.74 Å². The van der Waals surface area contributed by atoms with E-state index in [1.807, 2.05) is 32.0 Å². The van der Waals surface area contributed by atoms with Gasteiger partial charge in [-0.15, -0.1) is 0 Å². The molecule has 0 spiro atoms. The summed E-state index contributed by atoms with van der Waals surface area (Å²) in [5.74, 6) is -1.28. The van der Waals surface area contributed by atoms with Crippen molar-refractivity contribution in [3.05, 3.63) is 33.8 Å². The number of halogens is 1. The summed E-state index contributed by atoms with van der Waals surface area (Å²) in [4.78, 5) is 25.3. The number of esters is 1. The van der Waals surface area contributed by atoms with Gasteiger partial charge < -0.3 is 4.74 Å². The predicted octanol–water partition coefficient (Wildman–Crippen LogP) is 2.20. The largest absolute Gasteiger partial charge is 0.427 e. The quantitative estimate of drug-likeness (QED) is 0.588. The summed E-state index contributed by atoms with van der Waals surface area (Å²) in [5.41, 5.74) is 1.11. The molecule has 1 atom stereocenters. The highest BCUT2D eigenvalue weighted by Gasteiger charge is 2.58. The van der Waals surface area contributed by atoms with E-state index in [1.54, 1.807) is 4.90 Å². The van der Waals surface area contributed by atoms with Crippen molar-refractivity contribution in [2.24, 2.45) is 5.92 Å². The van der Waals surface area contributed by atoms with Crippen molar-refractivity contribution >= 4 is 27.8 Å². The first-order valence-corrected chi connectivity index (χ1v) is 7.10. The van der Waals surface area contributed by atoms with Gasteiger partial charge in [-0.25, -0.2) is 4.79 Å². The summed E-state index contributed by atoms with van der Waals surface area (Å²) in [7, 11) is 0. The van der Waals surface area contributed by atoms with Crippen LogP contribution in [0.1, 0.15) is 25.0 Å². The highest BCUT2D eigenvalue weighted by Crippen LogP contribution is 2.46. The van der Waals surface area contributed by atoms with Crippen molar-refractivity contribution in [2.75, 3.05) is 6.54 Å². The smallest absolute Gasteiger partial charge is 0.399 e. The number of fused-ring (bicyclic) bond motifs is 3. The lowest BCUT2D eigenvalue weighted by atomic mass is 9.83. The van der Waals surface area contributed by atoms with E-state index in [-0.39, 0.29) is 5.92 Å². The van der Waals surface area contributed by atoms with Gasteiger partial charge in [-0.2, -0.15) is 0 Å². The molecule has 5 heteroatoms. The molecular formula is C14H14BrNO3. The normalized spacial score (nSPS) is 25.4. The molecule has 2 aliphatic rings. The summed E-state index contributed by atoms with van der Waals surface area (Å²) in [6, 6.07) is 5.95. The molecule has 1 saturated heterocycles. The van der Waals surface area contributed by atoms with E-state index in [1.165, 1.54) is 0 Å². The molecular weight excluding hydrogens is 310 g/mol. The van der Waals surface area contributed by atoms with Crippen LogP contribution in [-0.2, 0) is 26.5 Å². The topological polar surface area (TPSA) is 46.6 Å². The van der Waals surface area contributed by atoms with Crippen molar-refractivity contribution in [3.8, 4) is 0 Å². The molecule has 3 rings (SSSR count). The number of carbonyl (C=O) groups is 2. The average Bonchev–Trinajstić information content (AvgIpc) is 2.63. The van der Waals surface area contributed by atoms with Gasteiger partial charge in [-0.1, -0.05) is 35.8 Å². The van der Waals surface area contributed by atoms with E-state index in [9.17, 15) is 9.59 Å². The highest BCUT2D eigenvalue weighted by molar-refractivity contribution is 9.10. The van der Waals surface area contributed by atoms with Gasteiger partial charge in [-0.05, 0) is 24.1 Å². The first kappa shape index (κ1) is 12.7. The molecule has 0 bridgehead atoms. The second-order valence-electron chi connectivity index (χ2n) is 5.25. The molecule has 1 unspecified atom stereocenters. The van der Waals surface area contributed by atoms with Crippen LogP contribution in [0.2, 0.25) is 0 Å². The lowest BCUT2D eigenvalue weighted by molar-refractivity contribution is -0.167. The Bertz CT molecular complexity index is 584. The average molecular weight is 324 g/mol. The molecule has 0 N–H and O–H groups in total. The van der Waals surface area contributed by atoms with Crippen molar-refractivity contribution < 1.29 is 14.3 Å². The molecule has 1 fully saturated rings.